The Bertz CT molecular complexity index is 1350. The van der Waals surface area contributed by atoms with E-state index >= 15 is 0 Å². The van der Waals surface area contributed by atoms with Crippen LogP contribution in [-0.4, -0.2) is 66.2 Å². The van der Waals surface area contributed by atoms with E-state index in [4.69, 9.17) is 5.73 Å². The Balaban J connectivity index is 1.86. The average molecular weight is 513 g/mol. The number of Topliss-reactive ketones (excluding diaryl/α,β-unsaturated/α-hetero) is 2. The Morgan fingerprint density at radius 3 is 2.38 bits per heavy atom. The van der Waals surface area contributed by atoms with Crippen LogP contribution in [0.15, 0.2) is 35.1 Å². The van der Waals surface area contributed by atoms with Gasteiger partial charge in [0.2, 0.25) is 11.7 Å². The van der Waals surface area contributed by atoms with Crippen molar-refractivity contribution in [2.24, 2.45) is 17.6 Å². The molecule has 2 amide bonds. The van der Waals surface area contributed by atoms with Crippen molar-refractivity contribution in [2.45, 2.75) is 50.9 Å². The van der Waals surface area contributed by atoms with Crippen LogP contribution in [0.2, 0.25) is 0 Å². The molecule has 37 heavy (non-hydrogen) atoms. The third-order valence-corrected chi connectivity index (χ3v) is 7.01. The molecule has 4 atom stereocenters. The fraction of sp³-hybridized carbons (Fsp3) is 0.385. The fourth-order valence-corrected chi connectivity index (χ4v) is 5.40. The lowest BCUT2D eigenvalue weighted by Crippen LogP contribution is -2.63. The Morgan fingerprint density at radius 2 is 1.78 bits per heavy atom. The minimum atomic E-state index is -2.88. The highest BCUT2D eigenvalue weighted by Gasteiger charge is 2.64. The number of aliphatic hydroxyl groups excluding tert-OH is 3. The SMILES string of the molecule is CC(C)(C)NC(=O)/C=C/c1ccc(O)c2c1C[C@@H]1C(=C2O)C(=O)[C@]2(O)C(O)=C(C(N)=O)C(=O)C[C@@H]2[C@H]1O. The second-order valence-electron chi connectivity index (χ2n) is 10.6. The highest BCUT2D eigenvalue weighted by molar-refractivity contribution is 6.23. The molecule has 4 rings (SSSR count). The van der Waals surface area contributed by atoms with Crippen LogP contribution in [0.3, 0.4) is 0 Å². The number of rotatable bonds is 3. The van der Waals surface area contributed by atoms with Crippen molar-refractivity contribution in [2.75, 3.05) is 0 Å². The van der Waals surface area contributed by atoms with Crippen LogP contribution < -0.4 is 11.1 Å². The molecule has 3 aliphatic rings. The third kappa shape index (κ3) is 4.00. The van der Waals surface area contributed by atoms with Crippen LogP contribution in [-0.2, 0) is 25.6 Å². The summed E-state index contributed by atoms with van der Waals surface area (Å²) in [4.78, 5) is 50.0. The summed E-state index contributed by atoms with van der Waals surface area (Å²) in [7, 11) is 0. The summed E-state index contributed by atoms with van der Waals surface area (Å²) in [5.41, 5.74) is 0.978. The number of aromatic hydroxyl groups is 1. The number of hydrogen-bond donors (Lipinski definition) is 7. The molecular formula is C26H28N2O9. The van der Waals surface area contributed by atoms with Gasteiger partial charge in [-0.05, 0) is 50.5 Å². The second kappa shape index (κ2) is 8.56. The molecule has 11 nitrogen and oxygen atoms in total. The number of carbonyl (C=O) groups is 4. The van der Waals surface area contributed by atoms with E-state index in [0.29, 0.717) is 11.1 Å². The maximum atomic E-state index is 13.5. The van der Waals surface area contributed by atoms with Crippen molar-refractivity contribution in [3.63, 3.8) is 0 Å². The van der Waals surface area contributed by atoms with Crippen molar-refractivity contribution in [1.82, 2.24) is 5.32 Å². The predicted molar refractivity (Wildman–Crippen MR) is 130 cm³/mol. The molecule has 0 aliphatic heterocycles. The molecule has 1 saturated carbocycles. The zero-order chi connectivity index (χ0) is 27.6. The topological polar surface area (TPSA) is 207 Å². The lowest BCUT2D eigenvalue weighted by Gasteiger charge is -2.48. The van der Waals surface area contributed by atoms with Gasteiger partial charge in [0.1, 0.15) is 22.8 Å². The molecule has 0 unspecified atom stereocenters. The normalized spacial score (nSPS) is 27.6. The van der Waals surface area contributed by atoms with Crippen LogP contribution in [0.25, 0.3) is 11.8 Å². The van der Waals surface area contributed by atoms with Crippen molar-refractivity contribution < 1.29 is 44.7 Å². The van der Waals surface area contributed by atoms with Crippen molar-refractivity contribution in [3.8, 4) is 5.75 Å². The van der Waals surface area contributed by atoms with E-state index in [9.17, 15) is 44.7 Å². The highest BCUT2D eigenvalue weighted by atomic mass is 16.4. The minimum Gasteiger partial charge on any atom is -0.508 e. The first-order valence-corrected chi connectivity index (χ1v) is 11.6. The Kier molecular flexibility index (Phi) is 6.04. The van der Waals surface area contributed by atoms with Gasteiger partial charge in [0, 0.05) is 35.4 Å². The van der Waals surface area contributed by atoms with Crippen LogP contribution in [0, 0.1) is 11.8 Å². The van der Waals surface area contributed by atoms with Crippen molar-refractivity contribution in [1.29, 1.82) is 0 Å². The molecule has 0 aromatic heterocycles. The summed E-state index contributed by atoms with van der Waals surface area (Å²) in [5.74, 6) is -8.96. The van der Waals surface area contributed by atoms with Gasteiger partial charge >= 0.3 is 0 Å². The summed E-state index contributed by atoms with van der Waals surface area (Å²) >= 11 is 0. The van der Waals surface area contributed by atoms with Crippen molar-refractivity contribution in [3.05, 3.63) is 51.8 Å². The average Bonchev–Trinajstić information content (AvgIpc) is 2.77. The summed E-state index contributed by atoms with van der Waals surface area (Å²) in [6.45, 7) is 5.43. The van der Waals surface area contributed by atoms with Gasteiger partial charge in [0.15, 0.2) is 11.4 Å². The van der Waals surface area contributed by atoms with Gasteiger partial charge in [-0.25, -0.2) is 0 Å². The number of primary amides is 1. The van der Waals surface area contributed by atoms with Gasteiger partial charge < -0.3 is 36.6 Å². The minimum absolute atomic E-state index is 0.107. The van der Waals surface area contributed by atoms with E-state index < -0.39 is 87.3 Å². The standard InChI is InChI=1S/C26H28N2O9/c1-25(2,3)28-16(31)7-5-10-4-6-14(29)17-11(10)8-12-18(21(17)33)22(34)26(37)13(20(12)32)9-15(30)19(23(26)35)24(27)36/h4-7,12-13,20,29,32-33,35,37H,8-9H2,1-3H3,(H2,27,36)(H,28,31)/b7-5+/t12-,13-,20+,26+/m1/s1. The maximum Gasteiger partial charge on any atom is 0.255 e. The quantitative estimate of drug-likeness (QED) is 0.219. The zero-order valence-corrected chi connectivity index (χ0v) is 20.4. The van der Waals surface area contributed by atoms with Crippen LogP contribution in [0.5, 0.6) is 5.75 Å². The van der Waals surface area contributed by atoms with Crippen LogP contribution in [0.4, 0.5) is 0 Å². The van der Waals surface area contributed by atoms with Gasteiger partial charge in [-0.1, -0.05) is 6.07 Å². The van der Waals surface area contributed by atoms with E-state index in [2.05, 4.69) is 5.32 Å². The number of nitrogens with two attached hydrogens (primary N) is 1. The molecule has 0 saturated heterocycles. The second-order valence-corrected chi connectivity index (χ2v) is 10.6. The Hall–Kier alpha value is -3.96. The third-order valence-electron chi connectivity index (χ3n) is 7.01. The Labute approximate surface area is 211 Å². The van der Waals surface area contributed by atoms with Crippen LogP contribution in [0.1, 0.15) is 43.9 Å². The van der Waals surface area contributed by atoms with E-state index in [1.165, 1.54) is 24.3 Å². The summed E-state index contributed by atoms with van der Waals surface area (Å²) in [6, 6.07) is 2.75. The summed E-state index contributed by atoms with van der Waals surface area (Å²) in [5, 5.41) is 57.5. The van der Waals surface area contributed by atoms with Gasteiger partial charge in [0.05, 0.1) is 11.7 Å². The number of benzene rings is 1. The van der Waals surface area contributed by atoms with Crippen molar-refractivity contribution >= 4 is 35.2 Å². The largest absolute Gasteiger partial charge is 0.508 e. The van der Waals surface area contributed by atoms with Gasteiger partial charge in [-0.3, -0.25) is 19.2 Å². The molecule has 0 heterocycles. The molecule has 1 fully saturated rings. The monoisotopic (exact) mass is 512 g/mol. The zero-order valence-electron chi connectivity index (χ0n) is 20.4. The number of phenolic OH excluding ortho intramolecular Hbond substituents is 1. The predicted octanol–water partition coefficient (Wildman–Crippen LogP) is 0.323. The van der Waals surface area contributed by atoms with E-state index in [1.807, 2.05) is 20.8 Å². The number of phenols is 1. The first-order chi connectivity index (χ1) is 17.1. The number of nitrogens with one attached hydrogen (secondary N) is 1. The number of carbonyl (C=O) groups excluding carboxylic acids is 4. The summed E-state index contributed by atoms with van der Waals surface area (Å²) < 4.78 is 0. The molecule has 196 valence electrons. The molecule has 1 aromatic rings. The van der Waals surface area contributed by atoms with Crippen LogP contribution >= 0.6 is 0 Å². The lowest BCUT2D eigenvalue weighted by molar-refractivity contribution is -0.159. The van der Waals surface area contributed by atoms with Gasteiger partial charge in [-0.15, -0.1) is 0 Å². The Morgan fingerprint density at radius 1 is 1.14 bits per heavy atom. The molecule has 0 bridgehead atoms. The number of ketones is 2. The molecule has 0 radical (unpaired) electrons. The van der Waals surface area contributed by atoms with Gasteiger partial charge in [-0.2, -0.15) is 0 Å². The number of amides is 2. The molecule has 8 N–H and O–H groups in total. The first kappa shape index (κ1) is 26.1. The first-order valence-electron chi connectivity index (χ1n) is 11.6. The van der Waals surface area contributed by atoms with E-state index in [1.54, 1.807) is 0 Å². The summed E-state index contributed by atoms with van der Waals surface area (Å²) in [6.07, 6.45) is 0.358. The fourth-order valence-electron chi connectivity index (χ4n) is 5.40. The molecule has 0 spiro atoms. The number of fused-ring (bicyclic) bond motifs is 3. The number of aliphatic hydroxyl groups is 4. The lowest BCUT2D eigenvalue weighted by atomic mass is 9.57. The van der Waals surface area contributed by atoms with Gasteiger partial charge in [0.25, 0.3) is 5.91 Å². The smallest absolute Gasteiger partial charge is 0.255 e. The van der Waals surface area contributed by atoms with E-state index in [-0.39, 0.29) is 12.0 Å². The molecule has 1 aromatic carbocycles. The highest BCUT2D eigenvalue weighted by Crippen LogP contribution is 2.52. The van der Waals surface area contributed by atoms with E-state index in [0.717, 1.165) is 0 Å². The molecule has 3 aliphatic carbocycles. The number of hydrogen-bond acceptors (Lipinski definition) is 9. The molecule has 11 heteroatoms. The maximum absolute atomic E-state index is 13.5. The molecular weight excluding hydrogens is 484 g/mol.